The topological polar surface area (TPSA) is 63.6 Å². The van der Waals surface area contributed by atoms with Gasteiger partial charge in [-0.15, -0.1) is 0 Å². The van der Waals surface area contributed by atoms with E-state index >= 15 is 0 Å². The van der Waals surface area contributed by atoms with E-state index in [1.807, 2.05) is 0 Å². The second-order valence-corrected chi connectivity index (χ2v) is 3.66. The van der Waals surface area contributed by atoms with Crippen LogP contribution < -0.4 is 0 Å². The van der Waals surface area contributed by atoms with Crippen LogP contribution in [0.2, 0.25) is 0 Å². The molecule has 0 saturated heterocycles. The van der Waals surface area contributed by atoms with Crippen molar-refractivity contribution in [2.45, 2.75) is 13.0 Å². The Bertz CT molecular complexity index is 533. The fourth-order valence-electron chi connectivity index (χ4n) is 1.71. The number of Topliss-reactive ketones (excluding diaryl/α,β-unsaturated/α-hetero) is 1. The van der Waals surface area contributed by atoms with Crippen molar-refractivity contribution in [2.75, 3.05) is 0 Å². The van der Waals surface area contributed by atoms with Crippen LogP contribution in [0.15, 0.2) is 35.6 Å². The van der Waals surface area contributed by atoms with E-state index in [-0.39, 0.29) is 5.57 Å². The van der Waals surface area contributed by atoms with Gasteiger partial charge >= 0.3 is 5.97 Å². The maximum Gasteiger partial charge on any atom is 0.374 e. The Hall–Kier alpha value is -2.17. The Morgan fingerprint density at radius 2 is 2.18 bits per heavy atom. The van der Waals surface area contributed by atoms with Gasteiger partial charge in [-0.3, -0.25) is 4.79 Å². The summed E-state index contributed by atoms with van der Waals surface area (Å²) in [6, 6.07) is 5.34. The van der Waals surface area contributed by atoms with E-state index in [2.05, 4.69) is 0 Å². The van der Waals surface area contributed by atoms with E-state index in [9.17, 15) is 19.1 Å². The number of aliphatic hydroxyl groups excluding tert-OH is 1. The molecule has 1 atom stereocenters. The van der Waals surface area contributed by atoms with Crippen LogP contribution in [-0.2, 0) is 14.3 Å². The molecule has 1 aromatic carbocycles. The zero-order valence-electron chi connectivity index (χ0n) is 8.94. The van der Waals surface area contributed by atoms with Crippen molar-refractivity contribution in [3.63, 3.8) is 0 Å². The van der Waals surface area contributed by atoms with Gasteiger partial charge in [-0.2, -0.15) is 0 Å². The maximum absolute atomic E-state index is 13.0. The van der Waals surface area contributed by atoms with Crippen molar-refractivity contribution in [2.24, 2.45) is 0 Å². The predicted octanol–water partition coefficient (Wildman–Crippen LogP) is 1.82. The van der Waals surface area contributed by atoms with Gasteiger partial charge in [0.05, 0.1) is 5.57 Å². The number of cyclic esters (lactones) is 1. The summed E-state index contributed by atoms with van der Waals surface area (Å²) >= 11 is 0. The van der Waals surface area contributed by atoms with E-state index in [0.717, 1.165) is 6.07 Å². The summed E-state index contributed by atoms with van der Waals surface area (Å²) in [5.74, 6) is -2.66. The molecule has 0 bridgehead atoms. The fraction of sp³-hybridized carbons (Fsp3) is 0.167. The summed E-state index contributed by atoms with van der Waals surface area (Å²) < 4.78 is 17.9. The summed E-state index contributed by atoms with van der Waals surface area (Å²) in [4.78, 5) is 22.5. The van der Waals surface area contributed by atoms with Gasteiger partial charge in [0.2, 0.25) is 5.76 Å². The molecule has 0 aliphatic carbocycles. The molecule has 2 rings (SSSR count). The first-order valence-corrected chi connectivity index (χ1v) is 4.91. The molecule has 17 heavy (non-hydrogen) atoms. The molecule has 0 unspecified atom stereocenters. The number of carbonyl (C=O) groups excluding carboxylic acids is 2. The smallest absolute Gasteiger partial charge is 0.374 e. The summed E-state index contributed by atoms with van der Waals surface area (Å²) in [5.41, 5.74) is 0.174. The quantitative estimate of drug-likeness (QED) is 0.795. The van der Waals surface area contributed by atoms with Gasteiger partial charge in [-0.05, 0) is 19.1 Å². The molecule has 1 aliphatic rings. The summed E-state index contributed by atoms with van der Waals surface area (Å²) in [6.07, 6.45) is -1.03. The Morgan fingerprint density at radius 1 is 1.47 bits per heavy atom. The summed E-state index contributed by atoms with van der Waals surface area (Å²) in [5, 5.41) is 9.42. The Balaban J connectivity index is 2.47. The van der Waals surface area contributed by atoms with E-state index < -0.39 is 29.4 Å². The van der Waals surface area contributed by atoms with Gasteiger partial charge < -0.3 is 9.84 Å². The lowest BCUT2D eigenvalue weighted by Gasteiger charge is -2.11. The van der Waals surface area contributed by atoms with Gasteiger partial charge in [0.15, 0.2) is 11.9 Å². The third kappa shape index (κ3) is 1.91. The van der Waals surface area contributed by atoms with Crippen molar-refractivity contribution in [3.05, 3.63) is 47.0 Å². The zero-order chi connectivity index (χ0) is 12.6. The Kier molecular flexibility index (Phi) is 2.67. The maximum atomic E-state index is 13.0. The average molecular weight is 236 g/mol. The summed E-state index contributed by atoms with van der Waals surface area (Å²) in [6.45, 7) is 1.21. The van der Waals surface area contributed by atoms with Crippen LogP contribution in [0.25, 0.3) is 0 Å². The monoisotopic (exact) mass is 236 g/mol. The number of esters is 1. The number of hydrogen-bond acceptors (Lipinski definition) is 4. The molecule has 5 heteroatoms. The lowest BCUT2D eigenvalue weighted by molar-refractivity contribution is -0.142. The van der Waals surface area contributed by atoms with Gasteiger partial charge in [0.25, 0.3) is 0 Å². The number of ether oxygens (including phenoxy) is 1. The van der Waals surface area contributed by atoms with E-state index in [4.69, 9.17) is 4.74 Å². The minimum Gasteiger partial charge on any atom is -0.501 e. The summed E-state index contributed by atoms with van der Waals surface area (Å²) in [7, 11) is 0. The fourth-order valence-corrected chi connectivity index (χ4v) is 1.71. The first-order chi connectivity index (χ1) is 8.00. The molecule has 0 amide bonds. The van der Waals surface area contributed by atoms with Crippen LogP contribution in [0.5, 0.6) is 0 Å². The number of benzene rings is 1. The molecule has 0 fully saturated rings. The Labute approximate surface area is 96.3 Å². The van der Waals surface area contributed by atoms with Crippen LogP contribution in [0.4, 0.5) is 4.39 Å². The molecule has 0 radical (unpaired) electrons. The third-order valence-electron chi connectivity index (χ3n) is 2.47. The van der Waals surface area contributed by atoms with Gasteiger partial charge in [-0.25, -0.2) is 9.18 Å². The number of carbonyl (C=O) groups is 2. The Morgan fingerprint density at radius 3 is 2.76 bits per heavy atom. The number of ketones is 1. The van der Waals surface area contributed by atoms with Crippen molar-refractivity contribution >= 4 is 11.8 Å². The molecule has 1 heterocycles. The van der Waals surface area contributed by atoms with Crippen molar-refractivity contribution in [1.29, 1.82) is 0 Å². The third-order valence-corrected chi connectivity index (χ3v) is 2.47. The van der Waals surface area contributed by atoms with E-state index in [1.165, 1.54) is 25.1 Å². The first-order valence-electron chi connectivity index (χ1n) is 4.91. The minimum absolute atomic E-state index is 0.138. The molecular weight excluding hydrogens is 227 g/mol. The van der Waals surface area contributed by atoms with Gasteiger partial charge in [0, 0.05) is 5.56 Å². The van der Waals surface area contributed by atoms with Crippen molar-refractivity contribution in [1.82, 2.24) is 0 Å². The van der Waals surface area contributed by atoms with Crippen molar-refractivity contribution < 1.29 is 23.8 Å². The standard InChI is InChI=1S/C12H9FO4/c1-6(14)9-10(15)12(16)17-11(9)7-3-2-4-8(13)5-7/h2-5,11,15H,1H3/t11-/m1/s1. The second kappa shape index (κ2) is 4.01. The number of aliphatic hydroxyl groups is 1. The van der Waals surface area contributed by atoms with Crippen LogP contribution >= 0.6 is 0 Å². The molecule has 0 spiro atoms. The lowest BCUT2D eigenvalue weighted by atomic mass is 9.99. The number of rotatable bonds is 2. The van der Waals surface area contributed by atoms with Crippen molar-refractivity contribution in [3.8, 4) is 0 Å². The molecule has 1 aliphatic heterocycles. The van der Waals surface area contributed by atoms with Crippen LogP contribution in [0.1, 0.15) is 18.6 Å². The molecule has 4 nitrogen and oxygen atoms in total. The second-order valence-electron chi connectivity index (χ2n) is 3.66. The molecule has 1 N–H and O–H groups in total. The average Bonchev–Trinajstić information content (AvgIpc) is 2.55. The zero-order valence-corrected chi connectivity index (χ0v) is 8.94. The van der Waals surface area contributed by atoms with E-state index in [1.54, 1.807) is 0 Å². The van der Waals surface area contributed by atoms with E-state index in [0.29, 0.717) is 5.56 Å². The highest BCUT2D eigenvalue weighted by molar-refractivity contribution is 6.05. The highest BCUT2D eigenvalue weighted by Crippen LogP contribution is 2.34. The molecular formula is C12H9FO4. The molecule has 1 aromatic rings. The van der Waals surface area contributed by atoms with Gasteiger partial charge in [0.1, 0.15) is 5.82 Å². The van der Waals surface area contributed by atoms with Crippen LogP contribution in [0, 0.1) is 5.82 Å². The molecule has 0 aromatic heterocycles. The number of halogens is 1. The van der Waals surface area contributed by atoms with Crippen LogP contribution in [-0.4, -0.2) is 16.9 Å². The molecule has 0 saturated carbocycles. The predicted molar refractivity (Wildman–Crippen MR) is 55.6 cm³/mol. The SMILES string of the molecule is CC(=O)C1=C(O)C(=O)O[C@@H]1c1cccc(F)c1. The lowest BCUT2D eigenvalue weighted by Crippen LogP contribution is -2.08. The minimum atomic E-state index is -1.03. The van der Waals surface area contributed by atoms with Gasteiger partial charge in [-0.1, -0.05) is 12.1 Å². The highest BCUT2D eigenvalue weighted by atomic mass is 19.1. The highest BCUT2D eigenvalue weighted by Gasteiger charge is 2.37. The first kappa shape index (κ1) is 11.3. The molecule has 88 valence electrons. The number of hydrogen-bond donors (Lipinski definition) is 1. The largest absolute Gasteiger partial charge is 0.501 e. The normalized spacial score (nSPS) is 19.4. The van der Waals surface area contributed by atoms with Crippen LogP contribution in [0.3, 0.4) is 0 Å².